The van der Waals surface area contributed by atoms with Crippen LogP contribution >= 0.6 is 0 Å². The van der Waals surface area contributed by atoms with Gasteiger partial charge >= 0.3 is 6.18 Å². The number of nitrogens with one attached hydrogen (secondary N) is 1. The molecule has 0 unspecified atom stereocenters. The molecular formula is C27H32F3N5O. The van der Waals surface area contributed by atoms with Gasteiger partial charge in [-0.05, 0) is 49.6 Å². The molecule has 6 nitrogen and oxygen atoms in total. The smallest absolute Gasteiger partial charge is 0.371 e. The Hall–Kier alpha value is -3.25. The van der Waals surface area contributed by atoms with Crippen molar-refractivity contribution in [2.24, 2.45) is 0 Å². The third kappa shape index (κ3) is 6.30. The summed E-state index contributed by atoms with van der Waals surface area (Å²) >= 11 is 0. The maximum Gasteiger partial charge on any atom is 0.417 e. The van der Waals surface area contributed by atoms with E-state index < -0.39 is 11.7 Å². The predicted molar refractivity (Wildman–Crippen MR) is 134 cm³/mol. The molecule has 0 bridgehead atoms. The topological polar surface area (TPSA) is 62.6 Å². The molecule has 2 aliphatic heterocycles. The molecule has 2 heterocycles. The summed E-state index contributed by atoms with van der Waals surface area (Å²) in [5.41, 5.74) is 1.73. The Bertz CT molecular complexity index is 1100. The second-order valence-electron chi connectivity index (χ2n) is 9.53. The van der Waals surface area contributed by atoms with E-state index in [-0.39, 0.29) is 17.5 Å². The van der Waals surface area contributed by atoms with Crippen LogP contribution in [0, 0.1) is 18.3 Å². The number of aryl methyl sites for hydroxylation is 1. The number of carbonyl (C=O) groups excluding carboxylic acids is 1. The lowest BCUT2D eigenvalue weighted by Gasteiger charge is -2.37. The van der Waals surface area contributed by atoms with E-state index in [4.69, 9.17) is 5.26 Å². The Morgan fingerprint density at radius 3 is 2.36 bits per heavy atom. The van der Waals surface area contributed by atoms with Gasteiger partial charge < -0.3 is 15.1 Å². The van der Waals surface area contributed by atoms with Crippen molar-refractivity contribution in [3.8, 4) is 6.07 Å². The van der Waals surface area contributed by atoms with E-state index in [0.717, 1.165) is 38.8 Å². The first-order chi connectivity index (χ1) is 17.2. The number of piperazine rings is 1. The van der Waals surface area contributed by atoms with Crippen LogP contribution in [0.1, 0.15) is 36.0 Å². The van der Waals surface area contributed by atoms with Gasteiger partial charge in [0, 0.05) is 69.7 Å². The molecule has 0 aliphatic carbocycles. The van der Waals surface area contributed by atoms with Crippen LogP contribution in [0.2, 0.25) is 0 Å². The lowest BCUT2D eigenvalue weighted by atomic mass is 10.0. The van der Waals surface area contributed by atoms with Crippen LogP contribution in [0.4, 0.5) is 24.5 Å². The van der Waals surface area contributed by atoms with Gasteiger partial charge in [0.05, 0.1) is 17.2 Å². The largest absolute Gasteiger partial charge is 0.417 e. The fourth-order valence-corrected chi connectivity index (χ4v) is 5.03. The van der Waals surface area contributed by atoms with E-state index in [1.54, 1.807) is 12.1 Å². The van der Waals surface area contributed by atoms with Gasteiger partial charge in [0.1, 0.15) is 0 Å². The van der Waals surface area contributed by atoms with E-state index in [9.17, 15) is 18.0 Å². The fraction of sp³-hybridized carbons (Fsp3) is 0.481. The van der Waals surface area contributed by atoms with Crippen LogP contribution in [-0.2, 0) is 11.0 Å². The van der Waals surface area contributed by atoms with Crippen LogP contribution in [-0.4, -0.2) is 62.7 Å². The maximum absolute atomic E-state index is 13.3. The zero-order valence-corrected chi connectivity index (χ0v) is 20.5. The monoisotopic (exact) mass is 499 g/mol. The lowest BCUT2D eigenvalue weighted by Crippen LogP contribution is -2.48. The molecule has 2 aromatic carbocycles. The van der Waals surface area contributed by atoms with Crippen molar-refractivity contribution >= 4 is 17.3 Å². The number of hydrogen-bond donors (Lipinski definition) is 1. The van der Waals surface area contributed by atoms with Gasteiger partial charge in [-0.25, -0.2) is 0 Å². The summed E-state index contributed by atoms with van der Waals surface area (Å²) in [4.78, 5) is 19.1. The van der Waals surface area contributed by atoms with E-state index in [2.05, 4.69) is 40.2 Å². The number of anilines is 2. The molecule has 2 saturated heterocycles. The van der Waals surface area contributed by atoms with Crippen LogP contribution in [0.3, 0.4) is 0 Å². The number of para-hydroxylation sites is 1. The molecule has 4 rings (SSSR count). The molecule has 2 fully saturated rings. The quantitative estimate of drug-likeness (QED) is 0.646. The number of amides is 1. The molecule has 0 radical (unpaired) electrons. The Labute approximate surface area is 210 Å². The second-order valence-corrected chi connectivity index (χ2v) is 9.53. The summed E-state index contributed by atoms with van der Waals surface area (Å²) in [6, 6.07) is 13.9. The van der Waals surface area contributed by atoms with Crippen LogP contribution in [0.15, 0.2) is 42.5 Å². The minimum Gasteiger partial charge on any atom is -0.371 e. The van der Waals surface area contributed by atoms with Crippen molar-refractivity contribution in [2.75, 3.05) is 55.6 Å². The minimum absolute atomic E-state index is 0.0205. The Kier molecular flexibility index (Phi) is 8.04. The van der Waals surface area contributed by atoms with Crippen molar-refractivity contribution in [3.63, 3.8) is 0 Å². The highest BCUT2D eigenvalue weighted by Crippen LogP contribution is 2.35. The van der Waals surface area contributed by atoms with Crippen molar-refractivity contribution in [2.45, 2.75) is 38.4 Å². The zero-order valence-electron chi connectivity index (χ0n) is 20.5. The number of piperidine rings is 1. The van der Waals surface area contributed by atoms with Gasteiger partial charge in [-0.1, -0.05) is 18.2 Å². The molecular weight excluding hydrogens is 467 g/mol. The van der Waals surface area contributed by atoms with E-state index in [1.165, 1.54) is 17.3 Å². The summed E-state index contributed by atoms with van der Waals surface area (Å²) in [6.07, 6.45) is -2.79. The molecule has 9 heteroatoms. The normalized spacial score (nSPS) is 17.6. The highest BCUT2D eigenvalue weighted by atomic mass is 19.4. The maximum atomic E-state index is 13.3. The number of alkyl halides is 3. The number of nitrogens with zero attached hydrogens (tertiary/aromatic N) is 4. The Morgan fingerprint density at radius 1 is 1.03 bits per heavy atom. The van der Waals surface area contributed by atoms with Gasteiger partial charge in [-0.2, -0.15) is 18.4 Å². The fourth-order valence-electron chi connectivity index (χ4n) is 5.03. The summed E-state index contributed by atoms with van der Waals surface area (Å²) in [7, 11) is 0. The van der Waals surface area contributed by atoms with Crippen molar-refractivity contribution in [1.82, 2.24) is 10.2 Å². The summed E-state index contributed by atoms with van der Waals surface area (Å²) in [5, 5.41) is 12.1. The van der Waals surface area contributed by atoms with Crippen molar-refractivity contribution in [3.05, 3.63) is 59.2 Å². The van der Waals surface area contributed by atoms with E-state index in [1.807, 2.05) is 11.0 Å². The molecule has 1 amide bonds. The molecule has 0 atom stereocenters. The number of rotatable bonds is 6. The highest BCUT2D eigenvalue weighted by molar-refractivity contribution is 5.76. The van der Waals surface area contributed by atoms with Crippen LogP contribution in [0.5, 0.6) is 0 Å². The third-order valence-electron chi connectivity index (χ3n) is 7.14. The number of hydrogen-bond acceptors (Lipinski definition) is 5. The predicted octanol–water partition coefficient (Wildman–Crippen LogP) is 4.18. The van der Waals surface area contributed by atoms with Gasteiger partial charge in [-0.15, -0.1) is 0 Å². The zero-order chi connectivity index (χ0) is 25.7. The highest BCUT2D eigenvalue weighted by Gasteiger charge is 2.34. The van der Waals surface area contributed by atoms with Crippen molar-refractivity contribution < 1.29 is 18.0 Å². The minimum atomic E-state index is -4.57. The Morgan fingerprint density at radius 2 is 1.72 bits per heavy atom. The SMILES string of the molecule is Cc1ccccc1N1CCN(CCC(=O)NC2CCN(c3ccc(C#N)c(C(F)(F)F)c3)CC2)CC1. The summed E-state index contributed by atoms with van der Waals surface area (Å²) in [6.45, 7) is 7.67. The second kappa shape index (κ2) is 11.2. The molecule has 1 N–H and O–H groups in total. The first-order valence-corrected chi connectivity index (χ1v) is 12.4. The van der Waals surface area contributed by atoms with Crippen molar-refractivity contribution in [1.29, 1.82) is 5.26 Å². The molecule has 0 saturated carbocycles. The average molecular weight is 500 g/mol. The van der Waals surface area contributed by atoms with Gasteiger partial charge in [0.2, 0.25) is 5.91 Å². The molecule has 36 heavy (non-hydrogen) atoms. The number of nitriles is 1. The third-order valence-corrected chi connectivity index (χ3v) is 7.14. The van der Waals surface area contributed by atoms with Crippen LogP contribution in [0.25, 0.3) is 0 Å². The average Bonchev–Trinajstić information content (AvgIpc) is 2.88. The molecule has 2 aliphatic rings. The van der Waals surface area contributed by atoms with Crippen LogP contribution < -0.4 is 15.1 Å². The van der Waals surface area contributed by atoms with E-state index >= 15 is 0 Å². The van der Waals surface area contributed by atoms with E-state index in [0.29, 0.717) is 38.0 Å². The van der Waals surface area contributed by atoms with Gasteiger partial charge in [-0.3, -0.25) is 9.69 Å². The molecule has 0 spiro atoms. The first-order valence-electron chi connectivity index (χ1n) is 12.4. The lowest BCUT2D eigenvalue weighted by molar-refractivity contribution is -0.137. The molecule has 192 valence electrons. The molecule has 2 aromatic rings. The Balaban J connectivity index is 1.20. The summed E-state index contributed by atoms with van der Waals surface area (Å²) in [5.74, 6) is 0.0208. The first kappa shape index (κ1) is 25.8. The number of carbonyl (C=O) groups is 1. The summed E-state index contributed by atoms with van der Waals surface area (Å²) < 4.78 is 39.9. The standard InChI is InChI=1S/C27H32F3N5O/c1-20-4-2-3-5-25(20)35-16-14-33(15-17-35)11-10-26(36)32-22-8-12-34(13-9-22)23-7-6-21(19-31)24(18-23)27(28,29)30/h2-7,18,22H,8-17H2,1H3,(H,32,36). The number of benzene rings is 2. The number of halogens is 3. The van der Waals surface area contributed by atoms with Gasteiger partial charge in [0.15, 0.2) is 0 Å². The molecule has 0 aromatic heterocycles. The van der Waals surface area contributed by atoms with Gasteiger partial charge in [0.25, 0.3) is 0 Å².